The lowest BCUT2D eigenvalue weighted by Gasteiger charge is -2.27. The zero-order chi connectivity index (χ0) is 11.8. The van der Waals surface area contributed by atoms with Crippen molar-refractivity contribution in [2.45, 2.75) is 26.3 Å². The van der Waals surface area contributed by atoms with E-state index < -0.39 is 0 Å². The first-order valence-electron chi connectivity index (χ1n) is 6.69. The maximum atomic E-state index is 4.59. The van der Waals surface area contributed by atoms with Gasteiger partial charge in [0.05, 0.1) is 0 Å². The maximum absolute atomic E-state index is 4.59. The van der Waals surface area contributed by atoms with Crippen molar-refractivity contribution in [2.24, 2.45) is 11.8 Å². The minimum absolute atomic E-state index is 0.671. The molecule has 0 aliphatic carbocycles. The summed E-state index contributed by atoms with van der Waals surface area (Å²) in [6.07, 6.45) is 3.20. The van der Waals surface area contributed by atoms with Crippen molar-refractivity contribution in [1.29, 1.82) is 0 Å². The Bertz CT molecular complexity index is 387. The molecule has 0 spiro atoms. The highest BCUT2D eigenvalue weighted by atomic mass is 15.3. The minimum Gasteiger partial charge on any atom is -0.353 e. The van der Waals surface area contributed by atoms with Crippen LogP contribution in [0.25, 0.3) is 0 Å². The summed E-state index contributed by atoms with van der Waals surface area (Å²) in [7, 11) is 0. The first-order valence-corrected chi connectivity index (χ1v) is 6.69. The van der Waals surface area contributed by atoms with E-state index in [1.165, 1.54) is 31.6 Å². The Hall–Kier alpha value is -1.09. The van der Waals surface area contributed by atoms with Gasteiger partial charge in [-0.25, -0.2) is 4.98 Å². The molecule has 0 radical (unpaired) electrons. The number of hydrogen-bond acceptors (Lipinski definition) is 3. The SMILES string of the molecule is CCC1C2CNCC2CN1c1ccc(C)cn1. The van der Waals surface area contributed by atoms with Gasteiger partial charge in [0.1, 0.15) is 5.82 Å². The molecule has 2 fully saturated rings. The summed E-state index contributed by atoms with van der Waals surface area (Å²) in [6.45, 7) is 7.94. The predicted molar refractivity (Wildman–Crippen MR) is 70.2 cm³/mol. The van der Waals surface area contributed by atoms with E-state index in [4.69, 9.17) is 0 Å². The first kappa shape index (κ1) is 11.0. The zero-order valence-electron chi connectivity index (χ0n) is 10.7. The predicted octanol–water partition coefficient (Wildman–Crippen LogP) is 1.82. The van der Waals surface area contributed by atoms with Gasteiger partial charge in [-0.1, -0.05) is 13.0 Å². The molecule has 2 aliphatic rings. The lowest BCUT2D eigenvalue weighted by Crippen LogP contribution is -2.35. The number of aromatic nitrogens is 1. The second-order valence-electron chi connectivity index (χ2n) is 5.40. The van der Waals surface area contributed by atoms with E-state index in [1.54, 1.807) is 0 Å². The number of hydrogen-bond donors (Lipinski definition) is 1. The number of pyridine rings is 1. The molecule has 0 saturated carbocycles. The molecule has 0 amide bonds. The van der Waals surface area contributed by atoms with Crippen molar-refractivity contribution in [1.82, 2.24) is 10.3 Å². The van der Waals surface area contributed by atoms with Gasteiger partial charge >= 0.3 is 0 Å². The average Bonchev–Trinajstić information content (AvgIpc) is 2.89. The minimum atomic E-state index is 0.671. The van der Waals surface area contributed by atoms with Crippen molar-refractivity contribution in [2.75, 3.05) is 24.5 Å². The van der Waals surface area contributed by atoms with E-state index in [0.29, 0.717) is 6.04 Å². The highest BCUT2D eigenvalue weighted by Crippen LogP contribution is 2.36. The number of nitrogens with zero attached hydrogens (tertiary/aromatic N) is 2. The Morgan fingerprint density at radius 2 is 2.29 bits per heavy atom. The van der Waals surface area contributed by atoms with Gasteiger partial charge in [-0.05, 0) is 36.8 Å². The standard InChI is InChI=1S/C14H21N3/c1-3-13-12-8-15-7-11(12)9-17(13)14-5-4-10(2)6-16-14/h4-6,11-13,15H,3,7-9H2,1-2H3. The molecule has 2 aliphatic heterocycles. The molecule has 3 heteroatoms. The molecular weight excluding hydrogens is 210 g/mol. The summed E-state index contributed by atoms with van der Waals surface area (Å²) in [4.78, 5) is 7.11. The molecular formula is C14H21N3. The molecule has 2 saturated heterocycles. The number of anilines is 1. The third-order valence-corrected chi connectivity index (χ3v) is 4.33. The third-order valence-electron chi connectivity index (χ3n) is 4.33. The molecule has 92 valence electrons. The van der Waals surface area contributed by atoms with E-state index in [1.807, 2.05) is 6.20 Å². The number of aryl methyl sites for hydroxylation is 1. The highest BCUT2D eigenvalue weighted by Gasteiger charge is 2.43. The molecule has 0 bridgehead atoms. The summed E-state index contributed by atoms with van der Waals surface area (Å²) in [5.74, 6) is 2.81. The van der Waals surface area contributed by atoms with Crippen molar-refractivity contribution < 1.29 is 0 Å². The second-order valence-corrected chi connectivity index (χ2v) is 5.40. The van der Waals surface area contributed by atoms with Crippen LogP contribution in [0.3, 0.4) is 0 Å². The Balaban J connectivity index is 1.85. The highest BCUT2D eigenvalue weighted by molar-refractivity contribution is 5.43. The Kier molecular flexibility index (Phi) is 2.79. The summed E-state index contributed by atoms with van der Waals surface area (Å²) >= 11 is 0. The van der Waals surface area contributed by atoms with Gasteiger partial charge in [0.25, 0.3) is 0 Å². The Morgan fingerprint density at radius 3 is 3.00 bits per heavy atom. The number of rotatable bonds is 2. The molecule has 3 heterocycles. The van der Waals surface area contributed by atoms with Crippen LogP contribution < -0.4 is 10.2 Å². The average molecular weight is 231 g/mol. The fourth-order valence-electron chi connectivity index (χ4n) is 3.44. The van der Waals surface area contributed by atoms with Crippen LogP contribution in [0, 0.1) is 18.8 Å². The van der Waals surface area contributed by atoms with Crippen molar-refractivity contribution in [3.63, 3.8) is 0 Å². The molecule has 3 atom stereocenters. The van der Waals surface area contributed by atoms with E-state index in [9.17, 15) is 0 Å². The molecule has 17 heavy (non-hydrogen) atoms. The van der Waals surface area contributed by atoms with Crippen molar-refractivity contribution in [3.8, 4) is 0 Å². The van der Waals surface area contributed by atoms with Crippen LogP contribution in [-0.2, 0) is 0 Å². The van der Waals surface area contributed by atoms with Gasteiger partial charge in [0.2, 0.25) is 0 Å². The summed E-state index contributed by atoms with van der Waals surface area (Å²) in [6, 6.07) is 5.01. The lowest BCUT2D eigenvalue weighted by atomic mass is 9.93. The first-order chi connectivity index (χ1) is 8.29. The lowest BCUT2D eigenvalue weighted by molar-refractivity contribution is 0.441. The topological polar surface area (TPSA) is 28.2 Å². The van der Waals surface area contributed by atoms with Crippen molar-refractivity contribution in [3.05, 3.63) is 23.9 Å². The van der Waals surface area contributed by atoms with E-state index >= 15 is 0 Å². The molecule has 0 aromatic carbocycles. The number of fused-ring (bicyclic) bond motifs is 1. The van der Waals surface area contributed by atoms with E-state index in [-0.39, 0.29) is 0 Å². The van der Waals surface area contributed by atoms with E-state index in [0.717, 1.165) is 17.7 Å². The van der Waals surface area contributed by atoms with Crippen LogP contribution in [0.5, 0.6) is 0 Å². The van der Waals surface area contributed by atoms with Crippen molar-refractivity contribution >= 4 is 5.82 Å². The van der Waals surface area contributed by atoms with Gasteiger partial charge < -0.3 is 10.2 Å². The monoisotopic (exact) mass is 231 g/mol. The zero-order valence-corrected chi connectivity index (χ0v) is 10.7. The second kappa shape index (κ2) is 4.30. The van der Waals surface area contributed by atoms with Gasteiger partial charge in [0, 0.05) is 31.9 Å². The van der Waals surface area contributed by atoms with Gasteiger partial charge in [-0.2, -0.15) is 0 Å². The van der Waals surface area contributed by atoms with Crippen LogP contribution in [0.1, 0.15) is 18.9 Å². The Labute approximate surface area is 103 Å². The summed E-state index contributed by atoms with van der Waals surface area (Å²) in [5, 5.41) is 3.52. The van der Waals surface area contributed by atoms with Crippen LogP contribution in [0.2, 0.25) is 0 Å². The van der Waals surface area contributed by atoms with Crippen LogP contribution in [0.4, 0.5) is 5.82 Å². The smallest absolute Gasteiger partial charge is 0.128 e. The third kappa shape index (κ3) is 1.82. The fourth-order valence-corrected chi connectivity index (χ4v) is 3.44. The molecule has 1 aromatic heterocycles. The van der Waals surface area contributed by atoms with Gasteiger partial charge in [0.15, 0.2) is 0 Å². The summed E-state index contributed by atoms with van der Waals surface area (Å²) < 4.78 is 0. The number of nitrogens with one attached hydrogen (secondary N) is 1. The molecule has 1 aromatic rings. The van der Waals surface area contributed by atoms with Gasteiger partial charge in [-0.15, -0.1) is 0 Å². The summed E-state index contributed by atoms with van der Waals surface area (Å²) in [5.41, 5.74) is 1.24. The van der Waals surface area contributed by atoms with Gasteiger partial charge in [-0.3, -0.25) is 0 Å². The Morgan fingerprint density at radius 1 is 1.41 bits per heavy atom. The molecule has 3 rings (SSSR count). The van der Waals surface area contributed by atoms with E-state index in [2.05, 4.69) is 41.2 Å². The van der Waals surface area contributed by atoms with Crippen LogP contribution in [0.15, 0.2) is 18.3 Å². The molecule has 3 unspecified atom stereocenters. The molecule has 1 N–H and O–H groups in total. The largest absolute Gasteiger partial charge is 0.353 e. The normalized spacial score (nSPS) is 31.9. The van der Waals surface area contributed by atoms with Crippen LogP contribution >= 0.6 is 0 Å². The quantitative estimate of drug-likeness (QED) is 0.841. The fraction of sp³-hybridized carbons (Fsp3) is 0.643. The van der Waals surface area contributed by atoms with Crippen LogP contribution in [-0.4, -0.2) is 30.7 Å². The molecule has 3 nitrogen and oxygen atoms in total. The maximum Gasteiger partial charge on any atom is 0.128 e.